The molecule has 0 spiro atoms. The Labute approximate surface area is 122 Å². The fraction of sp³-hybridized carbons (Fsp3) is 0.368. The van der Waals surface area contributed by atoms with Gasteiger partial charge in [-0.05, 0) is 55.0 Å². The van der Waals surface area contributed by atoms with E-state index in [0.717, 1.165) is 13.1 Å². The van der Waals surface area contributed by atoms with Crippen molar-refractivity contribution in [3.63, 3.8) is 0 Å². The Morgan fingerprint density at radius 3 is 2.25 bits per heavy atom. The van der Waals surface area contributed by atoms with Gasteiger partial charge in [0.25, 0.3) is 0 Å². The Morgan fingerprint density at radius 1 is 0.900 bits per heavy atom. The maximum absolute atomic E-state index is 2.56. The van der Waals surface area contributed by atoms with Crippen LogP contribution in [-0.4, -0.2) is 11.4 Å². The fourth-order valence-corrected chi connectivity index (χ4v) is 3.00. The van der Waals surface area contributed by atoms with Crippen LogP contribution in [0.5, 0.6) is 0 Å². The molecule has 3 rings (SSSR count). The van der Waals surface area contributed by atoms with E-state index in [9.17, 15) is 0 Å². The summed E-state index contributed by atoms with van der Waals surface area (Å²) in [5.74, 6) is 0. The van der Waals surface area contributed by atoms with Crippen molar-refractivity contribution in [1.29, 1.82) is 0 Å². The second-order valence-corrected chi connectivity index (χ2v) is 6.15. The van der Waals surface area contributed by atoms with E-state index in [-0.39, 0.29) is 0 Å². The van der Waals surface area contributed by atoms with Crippen LogP contribution in [0.2, 0.25) is 0 Å². The number of nitrogens with zero attached hydrogens (tertiary/aromatic N) is 1. The van der Waals surface area contributed by atoms with E-state index in [1.165, 1.54) is 40.8 Å². The summed E-state index contributed by atoms with van der Waals surface area (Å²) >= 11 is 0. The normalized spacial score (nSPS) is 15.2. The molecule has 2 aromatic rings. The average molecular weight is 265 g/mol. The molecule has 1 heterocycles. The van der Waals surface area contributed by atoms with Gasteiger partial charge in [-0.25, -0.2) is 0 Å². The summed E-state index contributed by atoms with van der Waals surface area (Å²) in [4.78, 5) is 2.56. The van der Waals surface area contributed by atoms with Crippen LogP contribution in [0, 0.1) is 20.8 Å². The molecule has 0 unspecified atom stereocenters. The molecule has 0 fully saturated rings. The topological polar surface area (TPSA) is 3.24 Å². The van der Waals surface area contributed by atoms with Gasteiger partial charge in [-0.1, -0.05) is 42.0 Å². The van der Waals surface area contributed by atoms with Gasteiger partial charge >= 0.3 is 0 Å². The van der Waals surface area contributed by atoms with Crippen LogP contribution in [0.3, 0.4) is 0 Å². The average Bonchev–Trinajstić information content (AvgIpc) is 2.43. The minimum absolute atomic E-state index is 1.06. The molecule has 104 valence electrons. The summed E-state index contributed by atoms with van der Waals surface area (Å²) in [5, 5.41) is 0. The standard InChI is InChI=1S/C19H23N/c1-14-4-6-17(7-5-14)12-20-9-8-18-10-15(2)16(3)11-19(18)13-20/h4-7,10-11H,8-9,12-13H2,1-3H3. The van der Waals surface area contributed by atoms with E-state index in [4.69, 9.17) is 0 Å². The summed E-state index contributed by atoms with van der Waals surface area (Å²) in [5.41, 5.74) is 8.67. The van der Waals surface area contributed by atoms with E-state index < -0.39 is 0 Å². The summed E-state index contributed by atoms with van der Waals surface area (Å²) in [6.07, 6.45) is 1.18. The summed E-state index contributed by atoms with van der Waals surface area (Å²) in [6.45, 7) is 9.90. The van der Waals surface area contributed by atoms with Gasteiger partial charge in [0.15, 0.2) is 0 Å². The van der Waals surface area contributed by atoms with Crippen molar-refractivity contribution >= 4 is 0 Å². The molecule has 1 aliphatic heterocycles. The minimum atomic E-state index is 1.06. The summed E-state index contributed by atoms with van der Waals surface area (Å²) in [6, 6.07) is 13.7. The fourth-order valence-electron chi connectivity index (χ4n) is 3.00. The van der Waals surface area contributed by atoms with Gasteiger partial charge in [-0.2, -0.15) is 0 Å². The predicted octanol–water partition coefficient (Wildman–Crippen LogP) is 4.17. The SMILES string of the molecule is Cc1ccc(CN2CCc3cc(C)c(C)cc3C2)cc1. The first-order chi connectivity index (χ1) is 9.61. The predicted molar refractivity (Wildman–Crippen MR) is 84.9 cm³/mol. The lowest BCUT2D eigenvalue weighted by atomic mass is 9.94. The van der Waals surface area contributed by atoms with Gasteiger partial charge in [-0.3, -0.25) is 4.90 Å². The third-order valence-corrected chi connectivity index (χ3v) is 4.43. The van der Waals surface area contributed by atoms with Crippen LogP contribution in [0.4, 0.5) is 0 Å². The van der Waals surface area contributed by atoms with Crippen LogP contribution in [0.1, 0.15) is 33.4 Å². The van der Waals surface area contributed by atoms with Crippen LogP contribution in [0.15, 0.2) is 36.4 Å². The molecule has 0 N–H and O–H groups in total. The molecule has 0 saturated carbocycles. The lowest BCUT2D eigenvalue weighted by Gasteiger charge is -2.29. The van der Waals surface area contributed by atoms with Crippen molar-refractivity contribution < 1.29 is 0 Å². The molecule has 0 aromatic heterocycles. The largest absolute Gasteiger partial charge is 0.294 e. The number of fused-ring (bicyclic) bond motifs is 1. The number of aryl methyl sites for hydroxylation is 3. The van der Waals surface area contributed by atoms with Crippen molar-refractivity contribution in [2.45, 2.75) is 40.3 Å². The lowest BCUT2D eigenvalue weighted by molar-refractivity contribution is 0.245. The Bertz CT molecular complexity index is 610. The second-order valence-electron chi connectivity index (χ2n) is 6.15. The smallest absolute Gasteiger partial charge is 0.0240 e. The molecular formula is C19H23N. The van der Waals surface area contributed by atoms with Crippen molar-refractivity contribution in [3.05, 3.63) is 69.8 Å². The molecule has 0 amide bonds. The first-order valence-corrected chi connectivity index (χ1v) is 7.49. The highest BCUT2D eigenvalue weighted by atomic mass is 15.1. The number of benzene rings is 2. The van der Waals surface area contributed by atoms with Gasteiger partial charge in [0.1, 0.15) is 0 Å². The minimum Gasteiger partial charge on any atom is -0.294 e. The Balaban J connectivity index is 1.75. The third kappa shape index (κ3) is 2.78. The molecule has 0 radical (unpaired) electrons. The molecule has 1 nitrogen and oxygen atoms in total. The molecule has 0 atom stereocenters. The molecule has 1 heteroatoms. The molecule has 1 aliphatic rings. The molecule has 2 aromatic carbocycles. The van der Waals surface area contributed by atoms with Gasteiger partial charge in [0, 0.05) is 19.6 Å². The molecule has 0 saturated heterocycles. The van der Waals surface area contributed by atoms with Crippen molar-refractivity contribution in [1.82, 2.24) is 4.90 Å². The van der Waals surface area contributed by atoms with Crippen molar-refractivity contribution in [2.24, 2.45) is 0 Å². The Morgan fingerprint density at radius 2 is 1.55 bits per heavy atom. The Hall–Kier alpha value is -1.60. The van der Waals surface area contributed by atoms with E-state index in [0.29, 0.717) is 0 Å². The monoisotopic (exact) mass is 265 g/mol. The van der Waals surface area contributed by atoms with Crippen molar-refractivity contribution in [2.75, 3.05) is 6.54 Å². The van der Waals surface area contributed by atoms with Crippen LogP contribution in [0.25, 0.3) is 0 Å². The van der Waals surface area contributed by atoms with E-state index in [2.05, 4.69) is 62.1 Å². The first-order valence-electron chi connectivity index (χ1n) is 7.49. The number of rotatable bonds is 2. The van der Waals surface area contributed by atoms with Gasteiger partial charge in [-0.15, -0.1) is 0 Å². The third-order valence-electron chi connectivity index (χ3n) is 4.43. The highest BCUT2D eigenvalue weighted by molar-refractivity contribution is 5.38. The molecule has 20 heavy (non-hydrogen) atoms. The Kier molecular flexibility index (Phi) is 3.62. The van der Waals surface area contributed by atoms with E-state index in [1.54, 1.807) is 5.56 Å². The van der Waals surface area contributed by atoms with Crippen molar-refractivity contribution in [3.8, 4) is 0 Å². The lowest BCUT2D eigenvalue weighted by Crippen LogP contribution is -2.30. The van der Waals surface area contributed by atoms with Crippen LogP contribution in [-0.2, 0) is 19.5 Å². The quantitative estimate of drug-likeness (QED) is 0.787. The number of hydrogen-bond donors (Lipinski definition) is 0. The maximum atomic E-state index is 2.56. The molecular weight excluding hydrogens is 242 g/mol. The highest BCUT2D eigenvalue weighted by Gasteiger charge is 2.17. The summed E-state index contributed by atoms with van der Waals surface area (Å²) < 4.78 is 0. The van der Waals surface area contributed by atoms with Gasteiger partial charge in [0.05, 0.1) is 0 Å². The van der Waals surface area contributed by atoms with Gasteiger partial charge < -0.3 is 0 Å². The zero-order chi connectivity index (χ0) is 14.1. The zero-order valence-corrected chi connectivity index (χ0v) is 12.7. The van der Waals surface area contributed by atoms with E-state index in [1.807, 2.05) is 0 Å². The zero-order valence-electron chi connectivity index (χ0n) is 12.7. The second kappa shape index (κ2) is 5.41. The van der Waals surface area contributed by atoms with E-state index >= 15 is 0 Å². The van der Waals surface area contributed by atoms with Crippen LogP contribution < -0.4 is 0 Å². The number of hydrogen-bond acceptors (Lipinski definition) is 1. The van der Waals surface area contributed by atoms with Crippen LogP contribution >= 0.6 is 0 Å². The summed E-state index contributed by atoms with van der Waals surface area (Å²) in [7, 11) is 0. The highest BCUT2D eigenvalue weighted by Crippen LogP contribution is 2.23. The molecule has 0 bridgehead atoms. The molecule has 0 aliphatic carbocycles. The first kappa shape index (κ1) is 13.4. The maximum Gasteiger partial charge on any atom is 0.0240 e. The van der Waals surface area contributed by atoms with Gasteiger partial charge in [0.2, 0.25) is 0 Å².